The maximum Gasteiger partial charge on any atom is 0.266 e. The molecule has 18 heavy (non-hydrogen) atoms. The summed E-state index contributed by atoms with van der Waals surface area (Å²) in [5, 5.41) is 3.85. The Morgan fingerprint density at radius 2 is 2.06 bits per heavy atom. The number of carbonyl (C=O) groups is 1. The van der Waals surface area contributed by atoms with Crippen molar-refractivity contribution in [3.8, 4) is 0 Å². The summed E-state index contributed by atoms with van der Waals surface area (Å²) in [6, 6.07) is 0. The van der Waals surface area contributed by atoms with Crippen LogP contribution in [0.5, 0.6) is 0 Å². The fraction of sp³-hybridized carbons (Fsp3) is 0.727. The van der Waals surface area contributed by atoms with Gasteiger partial charge in [0.05, 0.1) is 5.92 Å². The molecule has 2 fully saturated rings. The van der Waals surface area contributed by atoms with Gasteiger partial charge >= 0.3 is 0 Å². The molecule has 0 aromatic carbocycles. The quantitative estimate of drug-likeness (QED) is 0.763. The van der Waals surface area contributed by atoms with Crippen LogP contribution in [0.4, 0.5) is 10.3 Å². The Balaban J connectivity index is 1.56. The van der Waals surface area contributed by atoms with E-state index >= 15 is 0 Å². The Labute approximate surface area is 104 Å². The van der Waals surface area contributed by atoms with E-state index < -0.39 is 6.17 Å². The van der Waals surface area contributed by atoms with Gasteiger partial charge in [-0.15, -0.1) is 0 Å². The first kappa shape index (κ1) is 11.4. The molecular weight excluding hydrogens is 239 g/mol. The molecule has 0 bridgehead atoms. The van der Waals surface area contributed by atoms with Gasteiger partial charge in [0, 0.05) is 33.1 Å². The topological polar surface area (TPSA) is 62.5 Å². The third-order valence-corrected chi connectivity index (χ3v) is 3.42. The van der Waals surface area contributed by atoms with Gasteiger partial charge in [0.15, 0.2) is 0 Å². The summed E-state index contributed by atoms with van der Waals surface area (Å²) < 4.78 is 17.8. The highest BCUT2D eigenvalue weighted by Gasteiger charge is 2.46. The summed E-state index contributed by atoms with van der Waals surface area (Å²) >= 11 is 0. The molecule has 7 heteroatoms. The molecule has 1 saturated heterocycles. The zero-order valence-corrected chi connectivity index (χ0v) is 10.2. The van der Waals surface area contributed by atoms with Crippen LogP contribution in [0.2, 0.25) is 0 Å². The van der Waals surface area contributed by atoms with Crippen molar-refractivity contribution in [2.75, 3.05) is 31.1 Å². The molecule has 0 radical (unpaired) electrons. The molecule has 2 heterocycles. The summed E-state index contributed by atoms with van der Waals surface area (Å²) in [4.78, 5) is 19.7. The SMILES string of the molecule is Cc1nc(N2CCN(C(=O)[C@H]3C[C@H]3F)CC2)no1. The predicted molar refractivity (Wildman–Crippen MR) is 60.8 cm³/mol. The maximum atomic E-state index is 12.8. The van der Waals surface area contributed by atoms with Crippen LogP contribution in [0, 0.1) is 12.8 Å². The Kier molecular flexibility index (Phi) is 2.68. The minimum atomic E-state index is -0.921. The van der Waals surface area contributed by atoms with Crippen molar-refractivity contribution < 1.29 is 13.7 Å². The number of carbonyl (C=O) groups excluding carboxylic acids is 1. The van der Waals surface area contributed by atoms with Crippen LogP contribution in [-0.4, -0.2) is 53.3 Å². The molecule has 1 amide bonds. The number of nitrogens with zero attached hydrogens (tertiary/aromatic N) is 4. The maximum absolute atomic E-state index is 12.8. The zero-order valence-electron chi connectivity index (χ0n) is 10.2. The summed E-state index contributed by atoms with van der Waals surface area (Å²) in [6.45, 7) is 4.25. The molecule has 0 unspecified atom stereocenters. The van der Waals surface area contributed by atoms with E-state index in [0.717, 1.165) is 0 Å². The van der Waals surface area contributed by atoms with Crippen LogP contribution in [0.3, 0.4) is 0 Å². The number of piperazine rings is 1. The molecule has 0 N–H and O–H groups in total. The number of aryl methyl sites for hydroxylation is 1. The molecule has 1 aliphatic carbocycles. The first-order valence-corrected chi connectivity index (χ1v) is 6.13. The Bertz CT molecular complexity index is 456. The molecule has 2 atom stereocenters. The zero-order chi connectivity index (χ0) is 12.7. The van der Waals surface area contributed by atoms with Crippen molar-refractivity contribution in [3.05, 3.63) is 5.89 Å². The second-order valence-corrected chi connectivity index (χ2v) is 4.78. The van der Waals surface area contributed by atoms with Gasteiger partial charge in [-0.3, -0.25) is 4.79 Å². The fourth-order valence-corrected chi connectivity index (χ4v) is 2.20. The number of hydrogen-bond donors (Lipinski definition) is 0. The number of alkyl halides is 1. The average Bonchev–Trinajstić information content (AvgIpc) is 2.95. The summed E-state index contributed by atoms with van der Waals surface area (Å²) in [6.07, 6.45) is -0.529. The highest BCUT2D eigenvalue weighted by molar-refractivity contribution is 5.82. The molecular formula is C11H15FN4O2. The highest BCUT2D eigenvalue weighted by Crippen LogP contribution is 2.35. The van der Waals surface area contributed by atoms with Gasteiger partial charge < -0.3 is 14.3 Å². The molecule has 3 rings (SSSR count). The van der Waals surface area contributed by atoms with E-state index in [4.69, 9.17) is 4.52 Å². The Hall–Kier alpha value is -1.66. The monoisotopic (exact) mass is 254 g/mol. The van der Waals surface area contributed by atoms with E-state index in [0.29, 0.717) is 44.4 Å². The van der Waals surface area contributed by atoms with Gasteiger partial charge in [0.2, 0.25) is 11.8 Å². The van der Waals surface area contributed by atoms with Crippen molar-refractivity contribution in [2.24, 2.45) is 5.92 Å². The lowest BCUT2D eigenvalue weighted by Gasteiger charge is -2.33. The van der Waals surface area contributed by atoms with Crippen molar-refractivity contribution in [3.63, 3.8) is 0 Å². The smallest absolute Gasteiger partial charge is 0.266 e. The highest BCUT2D eigenvalue weighted by atomic mass is 19.1. The molecule has 1 aromatic heterocycles. The summed E-state index contributed by atoms with van der Waals surface area (Å²) in [5.41, 5.74) is 0. The van der Waals surface area contributed by atoms with Crippen LogP contribution >= 0.6 is 0 Å². The van der Waals surface area contributed by atoms with E-state index in [9.17, 15) is 9.18 Å². The number of hydrogen-bond acceptors (Lipinski definition) is 5. The van der Waals surface area contributed by atoms with Crippen molar-refractivity contribution in [1.82, 2.24) is 15.0 Å². The second kappa shape index (κ2) is 4.22. The standard InChI is InChI=1S/C11H15FN4O2/c1-7-13-11(14-18-7)16-4-2-15(3-5-16)10(17)8-6-9(8)12/h8-9H,2-6H2,1H3/t8-,9+/m0/s1. The molecule has 1 aliphatic heterocycles. The lowest BCUT2D eigenvalue weighted by molar-refractivity contribution is -0.133. The largest absolute Gasteiger partial charge is 0.339 e. The number of amides is 1. The minimum Gasteiger partial charge on any atom is -0.339 e. The number of rotatable bonds is 2. The van der Waals surface area contributed by atoms with Gasteiger partial charge in [-0.2, -0.15) is 4.98 Å². The predicted octanol–water partition coefficient (Wildman–Crippen LogP) is 0.385. The normalized spacial score (nSPS) is 27.4. The van der Waals surface area contributed by atoms with E-state index in [1.165, 1.54) is 0 Å². The van der Waals surface area contributed by atoms with E-state index in [2.05, 4.69) is 10.1 Å². The third kappa shape index (κ3) is 2.04. The van der Waals surface area contributed by atoms with Crippen molar-refractivity contribution >= 4 is 11.9 Å². The minimum absolute atomic E-state index is 0.0496. The number of halogens is 1. The van der Waals surface area contributed by atoms with Crippen LogP contribution in [0.1, 0.15) is 12.3 Å². The van der Waals surface area contributed by atoms with Crippen LogP contribution in [-0.2, 0) is 4.79 Å². The molecule has 2 aliphatic rings. The molecule has 6 nitrogen and oxygen atoms in total. The lowest BCUT2D eigenvalue weighted by Crippen LogP contribution is -2.49. The number of anilines is 1. The fourth-order valence-electron chi connectivity index (χ4n) is 2.20. The average molecular weight is 254 g/mol. The first-order valence-electron chi connectivity index (χ1n) is 6.13. The van der Waals surface area contributed by atoms with Crippen LogP contribution < -0.4 is 4.90 Å². The van der Waals surface area contributed by atoms with Gasteiger partial charge in [0.25, 0.3) is 5.95 Å². The first-order chi connectivity index (χ1) is 8.65. The molecule has 1 saturated carbocycles. The molecule has 98 valence electrons. The van der Waals surface area contributed by atoms with Gasteiger partial charge in [0.1, 0.15) is 6.17 Å². The summed E-state index contributed by atoms with van der Waals surface area (Å²) in [7, 11) is 0. The summed E-state index contributed by atoms with van der Waals surface area (Å²) in [5.74, 6) is 0.659. The van der Waals surface area contributed by atoms with Crippen LogP contribution in [0.25, 0.3) is 0 Å². The van der Waals surface area contributed by atoms with Gasteiger partial charge in [-0.05, 0) is 11.6 Å². The number of aromatic nitrogens is 2. The Morgan fingerprint density at radius 1 is 1.39 bits per heavy atom. The van der Waals surface area contributed by atoms with Gasteiger partial charge in [-0.25, -0.2) is 4.39 Å². The Morgan fingerprint density at radius 3 is 2.56 bits per heavy atom. The molecule has 0 spiro atoms. The van der Waals surface area contributed by atoms with Crippen molar-refractivity contribution in [1.29, 1.82) is 0 Å². The molecule has 1 aromatic rings. The van der Waals surface area contributed by atoms with E-state index in [1.807, 2.05) is 4.90 Å². The van der Waals surface area contributed by atoms with Gasteiger partial charge in [-0.1, -0.05) is 0 Å². The van der Waals surface area contributed by atoms with E-state index in [-0.39, 0.29) is 11.8 Å². The van der Waals surface area contributed by atoms with Crippen LogP contribution in [0.15, 0.2) is 4.52 Å². The lowest BCUT2D eigenvalue weighted by atomic mass is 10.2. The van der Waals surface area contributed by atoms with Crippen molar-refractivity contribution in [2.45, 2.75) is 19.5 Å². The third-order valence-electron chi connectivity index (χ3n) is 3.42. The van der Waals surface area contributed by atoms with E-state index in [1.54, 1.807) is 11.8 Å². The second-order valence-electron chi connectivity index (χ2n) is 4.78.